The molecule has 1 saturated heterocycles. The minimum absolute atomic E-state index is 0.125. The molecule has 1 fully saturated rings. The van der Waals surface area contributed by atoms with Gasteiger partial charge in [-0.25, -0.2) is 0 Å². The molecule has 0 spiro atoms. The highest BCUT2D eigenvalue weighted by molar-refractivity contribution is 6.05. The summed E-state index contributed by atoms with van der Waals surface area (Å²) in [5.74, 6) is -1.74. The monoisotopic (exact) mass is 261 g/mol. The summed E-state index contributed by atoms with van der Waals surface area (Å²) in [5.41, 5.74) is 6.17. The van der Waals surface area contributed by atoms with E-state index in [2.05, 4.69) is 16.2 Å². The molecule has 3 amide bonds. The second kappa shape index (κ2) is 5.51. The molecule has 0 aromatic heterocycles. The lowest BCUT2D eigenvalue weighted by Gasteiger charge is -2.08. The standard InChI is InChI=1S/C13H15N3O3/c1-8-4-2-3-5-10(8)14-11(17)7-6-9-12(18)15-16-13(9)19/h2-5,9H,6-7H2,1H3,(H,14,17)(H,15,18)(H,16,19). The van der Waals surface area contributed by atoms with E-state index in [0.29, 0.717) is 0 Å². The van der Waals surface area contributed by atoms with Crippen molar-refractivity contribution in [2.75, 3.05) is 5.32 Å². The molecule has 0 radical (unpaired) electrons. The van der Waals surface area contributed by atoms with Gasteiger partial charge >= 0.3 is 0 Å². The lowest BCUT2D eigenvalue weighted by atomic mass is 10.0. The van der Waals surface area contributed by atoms with E-state index < -0.39 is 5.92 Å². The highest BCUT2D eigenvalue weighted by Crippen LogP contribution is 2.15. The Morgan fingerprint density at radius 2 is 1.84 bits per heavy atom. The third-order valence-corrected chi connectivity index (χ3v) is 3.02. The van der Waals surface area contributed by atoms with Crippen LogP contribution >= 0.6 is 0 Å². The normalized spacial score (nSPS) is 15.0. The molecule has 100 valence electrons. The zero-order chi connectivity index (χ0) is 13.8. The number of hydrazine groups is 1. The number of benzene rings is 1. The molecule has 1 aromatic rings. The Morgan fingerprint density at radius 3 is 2.47 bits per heavy atom. The molecule has 0 saturated carbocycles. The fourth-order valence-corrected chi connectivity index (χ4v) is 1.88. The van der Waals surface area contributed by atoms with Crippen LogP contribution < -0.4 is 16.2 Å². The second-order valence-electron chi connectivity index (χ2n) is 4.43. The van der Waals surface area contributed by atoms with Gasteiger partial charge in [-0.05, 0) is 25.0 Å². The van der Waals surface area contributed by atoms with E-state index in [1.165, 1.54) is 0 Å². The van der Waals surface area contributed by atoms with Gasteiger partial charge in [-0.3, -0.25) is 25.2 Å². The van der Waals surface area contributed by atoms with Crippen molar-refractivity contribution in [2.24, 2.45) is 5.92 Å². The molecule has 0 bridgehead atoms. The van der Waals surface area contributed by atoms with E-state index in [4.69, 9.17) is 0 Å². The van der Waals surface area contributed by atoms with Gasteiger partial charge in [-0.2, -0.15) is 0 Å². The molecular weight excluding hydrogens is 246 g/mol. The SMILES string of the molecule is Cc1ccccc1NC(=O)CCC1C(=O)NNC1=O. The Labute approximate surface area is 110 Å². The van der Waals surface area contributed by atoms with Gasteiger partial charge in [0.25, 0.3) is 11.8 Å². The van der Waals surface area contributed by atoms with Crippen LogP contribution in [0.4, 0.5) is 5.69 Å². The van der Waals surface area contributed by atoms with E-state index in [1.807, 2.05) is 31.2 Å². The number of amides is 3. The molecule has 0 aliphatic carbocycles. The van der Waals surface area contributed by atoms with Crippen molar-refractivity contribution in [1.29, 1.82) is 0 Å². The number of carbonyl (C=O) groups excluding carboxylic acids is 3. The average Bonchev–Trinajstić information content (AvgIpc) is 2.70. The number of hydrogen-bond donors (Lipinski definition) is 3. The summed E-state index contributed by atoms with van der Waals surface area (Å²) in [6, 6.07) is 7.42. The van der Waals surface area contributed by atoms with E-state index in [0.717, 1.165) is 11.3 Å². The molecule has 1 heterocycles. The van der Waals surface area contributed by atoms with Crippen molar-refractivity contribution in [3.8, 4) is 0 Å². The third kappa shape index (κ3) is 3.09. The van der Waals surface area contributed by atoms with Crippen LogP contribution in [-0.2, 0) is 14.4 Å². The zero-order valence-electron chi connectivity index (χ0n) is 10.5. The first-order chi connectivity index (χ1) is 9.08. The van der Waals surface area contributed by atoms with Crippen molar-refractivity contribution in [1.82, 2.24) is 10.9 Å². The Balaban J connectivity index is 1.87. The van der Waals surface area contributed by atoms with Gasteiger partial charge in [0.2, 0.25) is 5.91 Å². The minimum atomic E-state index is -0.775. The van der Waals surface area contributed by atoms with Gasteiger partial charge < -0.3 is 5.32 Å². The highest BCUT2D eigenvalue weighted by Gasteiger charge is 2.32. The van der Waals surface area contributed by atoms with Gasteiger partial charge in [-0.1, -0.05) is 18.2 Å². The van der Waals surface area contributed by atoms with Crippen LogP contribution in [0.3, 0.4) is 0 Å². The first-order valence-electron chi connectivity index (χ1n) is 6.03. The number of rotatable bonds is 4. The fraction of sp³-hybridized carbons (Fsp3) is 0.308. The molecule has 1 aliphatic rings. The van der Waals surface area contributed by atoms with Gasteiger partial charge in [0.1, 0.15) is 5.92 Å². The van der Waals surface area contributed by atoms with Crippen molar-refractivity contribution in [3.05, 3.63) is 29.8 Å². The summed E-state index contributed by atoms with van der Waals surface area (Å²) in [6.45, 7) is 1.90. The first kappa shape index (κ1) is 13.1. The van der Waals surface area contributed by atoms with Gasteiger partial charge in [0.05, 0.1) is 0 Å². The van der Waals surface area contributed by atoms with Gasteiger partial charge in [0, 0.05) is 12.1 Å². The summed E-state index contributed by atoms with van der Waals surface area (Å²) in [6.07, 6.45) is 0.329. The quantitative estimate of drug-likeness (QED) is 0.689. The number of nitrogens with one attached hydrogen (secondary N) is 3. The maximum absolute atomic E-state index is 11.8. The van der Waals surface area contributed by atoms with E-state index in [-0.39, 0.29) is 30.6 Å². The van der Waals surface area contributed by atoms with Crippen LogP contribution in [0.1, 0.15) is 18.4 Å². The van der Waals surface area contributed by atoms with Crippen LogP contribution in [0.15, 0.2) is 24.3 Å². The maximum atomic E-state index is 11.8. The van der Waals surface area contributed by atoms with Gasteiger partial charge in [0.15, 0.2) is 0 Å². The molecule has 1 aliphatic heterocycles. The predicted molar refractivity (Wildman–Crippen MR) is 68.8 cm³/mol. The molecule has 0 unspecified atom stereocenters. The molecule has 6 nitrogen and oxygen atoms in total. The van der Waals surface area contributed by atoms with Crippen molar-refractivity contribution < 1.29 is 14.4 Å². The molecule has 1 aromatic carbocycles. The van der Waals surface area contributed by atoms with Gasteiger partial charge in [-0.15, -0.1) is 0 Å². The zero-order valence-corrected chi connectivity index (χ0v) is 10.5. The molecule has 2 rings (SSSR count). The van der Waals surface area contributed by atoms with Crippen LogP contribution in [0.25, 0.3) is 0 Å². The second-order valence-corrected chi connectivity index (χ2v) is 4.43. The summed E-state index contributed by atoms with van der Waals surface area (Å²) < 4.78 is 0. The summed E-state index contributed by atoms with van der Waals surface area (Å²) >= 11 is 0. The van der Waals surface area contributed by atoms with Crippen molar-refractivity contribution >= 4 is 23.4 Å². The molecule has 6 heteroatoms. The van der Waals surface area contributed by atoms with E-state index >= 15 is 0 Å². The van der Waals surface area contributed by atoms with Crippen LogP contribution in [-0.4, -0.2) is 17.7 Å². The molecule has 19 heavy (non-hydrogen) atoms. The number of para-hydroxylation sites is 1. The smallest absolute Gasteiger partial charge is 0.251 e. The number of anilines is 1. The van der Waals surface area contributed by atoms with Crippen LogP contribution in [0.5, 0.6) is 0 Å². The Kier molecular flexibility index (Phi) is 3.79. The fourth-order valence-electron chi connectivity index (χ4n) is 1.88. The lowest BCUT2D eigenvalue weighted by Crippen LogP contribution is -2.28. The average molecular weight is 261 g/mol. The van der Waals surface area contributed by atoms with E-state index in [1.54, 1.807) is 0 Å². The highest BCUT2D eigenvalue weighted by atomic mass is 16.2. The number of aryl methyl sites for hydroxylation is 1. The number of hydrogen-bond acceptors (Lipinski definition) is 3. The number of carbonyl (C=O) groups is 3. The summed E-state index contributed by atoms with van der Waals surface area (Å²) in [5, 5.41) is 2.76. The molecule has 3 N–H and O–H groups in total. The largest absolute Gasteiger partial charge is 0.326 e. The van der Waals surface area contributed by atoms with Crippen LogP contribution in [0, 0.1) is 12.8 Å². The summed E-state index contributed by atoms with van der Waals surface area (Å²) in [7, 11) is 0. The Hall–Kier alpha value is -2.37. The maximum Gasteiger partial charge on any atom is 0.251 e. The Morgan fingerprint density at radius 1 is 1.21 bits per heavy atom. The van der Waals surface area contributed by atoms with Crippen LogP contribution in [0.2, 0.25) is 0 Å². The molecule has 0 atom stereocenters. The Bertz CT molecular complexity index is 512. The molecular formula is C13H15N3O3. The lowest BCUT2D eigenvalue weighted by molar-refractivity contribution is -0.128. The van der Waals surface area contributed by atoms with Crippen molar-refractivity contribution in [2.45, 2.75) is 19.8 Å². The van der Waals surface area contributed by atoms with Crippen molar-refractivity contribution in [3.63, 3.8) is 0 Å². The third-order valence-electron chi connectivity index (χ3n) is 3.02. The topological polar surface area (TPSA) is 87.3 Å². The minimum Gasteiger partial charge on any atom is -0.326 e. The predicted octanol–water partition coefficient (Wildman–Crippen LogP) is 0.491. The van der Waals surface area contributed by atoms with E-state index in [9.17, 15) is 14.4 Å². The summed E-state index contributed by atoms with van der Waals surface area (Å²) in [4.78, 5) is 34.3. The first-order valence-corrected chi connectivity index (χ1v) is 6.03.